The van der Waals surface area contributed by atoms with Crippen molar-refractivity contribution in [1.82, 2.24) is 0 Å². The van der Waals surface area contributed by atoms with Crippen LogP contribution in [0.5, 0.6) is 5.75 Å². The van der Waals surface area contributed by atoms with E-state index in [2.05, 4.69) is 0 Å². The number of hydrogen-bond acceptors (Lipinski definition) is 4. The van der Waals surface area contributed by atoms with Gasteiger partial charge in [0.1, 0.15) is 18.1 Å². The van der Waals surface area contributed by atoms with Crippen molar-refractivity contribution < 1.29 is 19.4 Å². The van der Waals surface area contributed by atoms with Crippen molar-refractivity contribution >= 4 is 29.0 Å². The van der Waals surface area contributed by atoms with Crippen molar-refractivity contribution in [2.24, 2.45) is 0 Å². The number of halogens is 1. The summed E-state index contributed by atoms with van der Waals surface area (Å²) in [6.45, 7) is 1.85. The van der Waals surface area contributed by atoms with E-state index in [1.807, 2.05) is 30.3 Å². The second-order valence-electron chi connectivity index (χ2n) is 6.02. The summed E-state index contributed by atoms with van der Waals surface area (Å²) in [4.78, 5) is 25.8. The van der Waals surface area contributed by atoms with Crippen LogP contribution >= 0.6 is 11.6 Å². The molecule has 1 atom stereocenters. The first kappa shape index (κ1) is 17.5. The minimum absolute atomic E-state index is 0.253. The molecule has 3 rings (SSSR count). The summed E-state index contributed by atoms with van der Waals surface area (Å²) in [6, 6.07) is 14.1. The van der Waals surface area contributed by atoms with E-state index in [-0.39, 0.29) is 25.4 Å². The van der Waals surface area contributed by atoms with E-state index in [9.17, 15) is 14.7 Å². The maximum Gasteiger partial charge on any atom is 0.264 e. The number of anilines is 1. The quantitative estimate of drug-likeness (QED) is 0.861. The van der Waals surface area contributed by atoms with Gasteiger partial charge < -0.3 is 14.7 Å². The van der Waals surface area contributed by atoms with Crippen molar-refractivity contribution in [3.05, 3.63) is 59.1 Å². The highest BCUT2D eigenvalue weighted by molar-refractivity contribution is 6.31. The summed E-state index contributed by atoms with van der Waals surface area (Å²) in [5.74, 6) is -0.106. The highest BCUT2D eigenvalue weighted by Crippen LogP contribution is 2.43. The van der Waals surface area contributed by atoms with Gasteiger partial charge in [-0.1, -0.05) is 29.8 Å². The zero-order valence-electron chi connectivity index (χ0n) is 13.7. The second-order valence-corrected chi connectivity index (χ2v) is 6.46. The van der Waals surface area contributed by atoms with Gasteiger partial charge in [0.15, 0.2) is 5.60 Å². The molecule has 0 aromatic heterocycles. The average Bonchev–Trinajstić information content (AvgIpc) is 2.77. The van der Waals surface area contributed by atoms with Gasteiger partial charge in [-0.2, -0.15) is 0 Å². The molecule has 1 amide bonds. The number of nitrogens with zero attached hydrogens (tertiary/aromatic N) is 1. The number of aliphatic hydroxyl groups is 1. The van der Waals surface area contributed by atoms with Crippen LogP contribution in [0.4, 0.5) is 5.69 Å². The summed E-state index contributed by atoms with van der Waals surface area (Å²) in [6.07, 6.45) is -0.283. The lowest BCUT2D eigenvalue weighted by atomic mass is 9.90. The van der Waals surface area contributed by atoms with E-state index in [1.54, 1.807) is 12.1 Å². The third kappa shape index (κ3) is 3.38. The number of para-hydroxylation sites is 1. The van der Waals surface area contributed by atoms with Crippen LogP contribution in [0.15, 0.2) is 48.5 Å². The molecule has 1 aliphatic heterocycles. The molecule has 0 fully saturated rings. The lowest BCUT2D eigenvalue weighted by molar-refractivity contribution is -0.141. The molecule has 2 aromatic carbocycles. The summed E-state index contributed by atoms with van der Waals surface area (Å²) >= 11 is 6.02. The van der Waals surface area contributed by atoms with Crippen LogP contribution in [0.3, 0.4) is 0 Å². The van der Waals surface area contributed by atoms with Gasteiger partial charge in [0.25, 0.3) is 5.91 Å². The number of ketones is 1. The van der Waals surface area contributed by atoms with Crippen LogP contribution in [-0.2, 0) is 15.2 Å². The van der Waals surface area contributed by atoms with E-state index in [1.165, 1.54) is 17.9 Å². The highest BCUT2D eigenvalue weighted by atomic mass is 35.5. The number of rotatable bonds is 6. The lowest BCUT2D eigenvalue weighted by Gasteiger charge is -2.22. The number of Topliss-reactive ketones (excluding diaryl/α,β-unsaturated/α-hetero) is 1. The van der Waals surface area contributed by atoms with Crippen molar-refractivity contribution in [3.63, 3.8) is 0 Å². The van der Waals surface area contributed by atoms with Gasteiger partial charge in [0.05, 0.1) is 12.2 Å². The molecular weight excluding hydrogens is 342 g/mol. The zero-order chi connectivity index (χ0) is 18.0. The first-order valence-corrected chi connectivity index (χ1v) is 8.31. The molecule has 5 nitrogen and oxygen atoms in total. The Morgan fingerprint density at radius 1 is 1.24 bits per heavy atom. The Labute approximate surface area is 150 Å². The maximum atomic E-state index is 12.8. The molecule has 0 aliphatic carbocycles. The Bertz CT molecular complexity index is 808. The Morgan fingerprint density at radius 3 is 2.64 bits per heavy atom. The number of hydrogen-bond donors (Lipinski definition) is 1. The fraction of sp³-hybridized carbons (Fsp3) is 0.263. The van der Waals surface area contributed by atoms with Crippen LogP contribution < -0.4 is 9.64 Å². The van der Waals surface area contributed by atoms with E-state index in [0.717, 1.165) is 0 Å². The lowest BCUT2D eigenvalue weighted by Crippen LogP contribution is -2.43. The molecule has 130 valence electrons. The molecule has 0 bridgehead atoms. The van der Waals surface area contributed by atoms with Gasteiger partial charge >= 0.3 is 0 Å². The van der Waals surface area contributed by atoms with Gasteiger partial charge in [0, 0.05) is 17.0 Å². The van der Waals surface area contributed by atoms with Crippen LogP contribution in [0, 0.1) is 0 Å². The number of carbonyl (C=O) groups is 2. The van der Waals surface area contributed by atoms with E-state index < -0.39 is 11.5 Å². The topological polar surface area (TPSA) is 66.8 Å². The second kappa shape index (κ2) is 6.86. The van der Waals surface area contributed by atoms with Crippen LogP contribution in [-0.4, -0.2) is 29.9 Å². The third-order valence-corrected chi connectivity index (χ3v) is 4.36. The molecular formula is C19H18ClNO4. The number of amides is 1. The molecule has 0 saturated carbocycles. The van der Waals surface area contributed by atoms with E-state index in [4.69, 9.17) is 16.3 Å². The van der Waals surface area contributed by atoms with Crippen molar-refractivity contribution in [2.75, 3.05) is 18.1 Å². The SMILES string of the molecule is CC(=O)CC1(O)C(=O)N(CCOc2ccccc2)c2ccc(Cl)cc21. The Hall–Kier alpha value is -2.37. The van der Waals surface area contributed by atoms with Crippen molar-refractivity contribution in [1.29, 1.82) is 0 Å². The smallest absolute Gasteiger partial charge is 0.264 e. The molecule has 0 spiro atoms. The van der Waals surface area contributed by atoms with E-state index >= 15 is 0 Å². The van der Waals surface area contributed by atoms with Gasteiger partial charge in [0.2, 0.25) is 0 Å². The van der Waals surface area contributed by atoms with E-state index in [0.29, 0.717) is 22.0 Å². The maximum absolute atomic E-state index is 12.8. The minimum atomic E-state index is -1.88. The molecule has 6 heteroatoms. The average molecular weight is 360 g/mol. The molecule has 1 aliphatic rings. The molecule has 0 saturated heterocycles. The molecule has 1 N–H and O–H groups in total. The van der Waals surface area contributed by atoms with Crippen LogP contribution in [0.2, 0.25) is 5.02 Å². The molecule has 25 heavy (non-hydrogen) atoms. The van der Waals surface area contributed by atoms with Gasteiger partial charge in [-0.3, -0.25) is 9.59 Å². The normalized spacial score (nSPS) is 19.0. The largest absolute Gasteiger partial charge is 0.492 e. The van der Waals surface area contributed by atoms with Crippen molar-refractivity contribution in [3.8, 4) is 5.75 Å². The highest BCUT2D eigenvalue weighted by Gasteiger charge is 2.50. The summed E-state index contributed by atoms with van der Waals surface area (Å²) in [5.41, 5.74) is -0.964. The molecule has 1 unspecified atom stereocenters. The fourth-order valence-electron chi connectivity index (χ4n) is 3.05. The predicted octanol–water partition coefficient (Wildman–Crippen LogP) is 2.93. The number of carbonyl (C=O) groups excluding carboxylic acids is 2. The standard InChI is InChI=1S/C19H18ClNO4/c1-13(22)12-19(24)16-11-14(20)7-8-17(16)21(18(19)23)9-10-25-15-5-3-2-4-6-15/h2-8,11,24H,9-10,12H2,1H3. The van der Waals surface area contributed by atoms with Gasteiger partial charge in [-0.25, -0.2) is 0 Å². The van der Waals surface area contributed by atoms with Gasteiger partial charge in [-0.05, 0) is 37.3 Å². The predicted molar refractivity (Wildman–Crippen MR) is 94.9 cm³/mol. The summed E-state index contributed by atoms with van der Waals surface area (Å²) in [7, 11) is 0. The Balaban J connectivity index is 1.83. The fourth-order valence-corrected chi connectivity index (χ4v) is 3.22. The van der Waals surface area contributed by atoms with Crippen LogP contribution in [0.1, 0.15) is 18.9 Å². The number of ether oxygens (including phenoxy) is 1. The minimum Gasteiger partial charge on any atom is -0.492 e. The molecule has 2 aromatic rings. The Kier molecular flexibility index (Phi) is 4.79. The van der Waals surface area contributed by atoms with Gasteiger partial charge in [-0.15, -0.1) is 0 Å². The first-order chi connectivity index (χ1) is 11.9. The monoisotopic (exact) mass is 359 g/mol. The molecule has 0 radical (unpaired) electrons. The first-order valence-electron chi connectivity index (χ1n) is 7.93. The third-order valence-electron chi connectivity index (χ3n) is 4.13. The summed E-state index contributed by atoms with van der Waals surface area (Å²) in [5, 5.41) is 11.3. The number of fused-ring (bicyclic) bond motifs is 1. The zero-order valence-corrected chi connectivity index (χ0v) is 14.5. The molecule has 1 heterocycles. The van der Waals surface area contributed by atoms with Crippen molar-refractivity contribution in [2.45, 2.75) is 18.9 Å². The summed E-state index contributed by atoms with van der Waals surface area (Å²) < 4.78 is 5.64. The number of benzene rings is 2. The Morgan fingerprint density at radius 2 is 1.96 bits per heavy atom. The van der Waals surface area contributed by atoms with Crippen LogP contribution in [0.25, 0.3) is 0 Å².